The summed E-state index contributed by atoms with van der Waals surface area (Å²) < 4.78 is 16.5. The fraction of sp³-hybridized carbons (Fsp3) is 0.150. The van der Waals surface area contributed by atoms with E-state index in [0.717, 1.165) is 5.56 Å². The summed E-state index contributed by atoms with van der Waals surface area (Å²) in [5, 5.41) is 5.90. The number of hydrogen-bond acceptors (Lipinski definition) is 4. The lowest BCUT2D eigenvalue weighted by molar-refractivity contribution is 0.492. The first kappa shape index (κ1) is 18.7. The smallest absolute Gasteiger partial charge is 0.262 e. The Morgan fingerprint density at radius 2 is 1.86 bits per heavy atom. The van der Waals surface area contributed by atoms with Gasteiger partial charge in [-0.2, -0.15) is 5.10 Å². The van der Waals surface area contributed by atoms with Gasteiger partial charge in [0.25, 0.3) is 5.56 Å². The van der Waals surface area contributed by atoms with E-state index in [1.165, 1.54) is 23.9 Å². The number of thioether (sulfide) groups is 1. The lowest BCUT2D eigenvalue weighted by Crippen LogP contribution is -2.25. The van der Waals surface area contributed by atoms with Gasteiger partial charge in [-0.15, -0.1) is 0 Å². The zero-order valence-corrected chi connectivity index (χ0v) is 16.3. The lowest BCUT2D eigenvalue weighted by Gasteiger charge is -2.13. The molecule has 0 unspecified atom stereocenters. The molecule has 142 valence electrons. The largest absolute Gasteiger partial charge is 0.285 e. The van der Waals surface area contributed by atoms with Crippen LogP contribution >= 0.6 is 23.4 Å². The lowest BCUT2D eigenvalue weighted by atomic mass is 10.2. The van der Waals surface area contributed by atoms with Gasteiger partial charge in [-0.25, -0.2) is 9.37 Å². The third kappa shape index (κ3) is 4.10. The van der Waals surface area contributed by atoms with Crippen molar-refractivity contribution in [1.29, 1.82) is 0 Å². The maximum Gasteiger partial charge on any atom is 0.262 e. The topological polar surface area (TPSA) is 52.7 Å². The van der Waals surface area contributed by atoms with Crippen LogP contribution in [-0.4, -0.2) is 19.3 Å². The number of hydrogen-bond donors (Lipinski definition) is 0. The Bertz CT molecular complexity index is 1170. The molecule has 0 atom stereocenters. The van der Waals surface area contributed by atoms with E-state index in [0.29, 0.717) is 39.9 Å². The van der Waals surface area contributed by atoms with Crippen LogP contribution < -0.4 is 5.56 Å². The molecule has 0 aliphatic carbocycles. The zero-order valence-electron chi connectivity index (χ0n) is 14.8. The highest BCUT2D eigenvalue weighted by Crippen LogP contribution is 2.22. The minimum Gasteiger partial charge on any atom is -0.285 e. The molecule has 0 amide bonds. The molecule has 2 aromatic carbocycles. The van der Waals surface area contributed by atoms with Crippen molar-refractivity contribution in [3.8, 4) is 0 Å². The van der Waals surface area contributed by atoms with E-state index in [-0.39, 0.29) is 11.4 Å². The Hall–Kier alpha value is -2.64. The molecule has 0 radical (unpaired) electrons. The summed E-state index contributed by atoms with van der Waals surface area (Å²) in [5.74, 6) is 0.311. The Labute approximate surface area is 169 Å². The highest BCUT2D eigenvalue weighted by atomic mass is 35.5. The van der Waals surface area contributed by atoms with E-state index in [9.17, 15) is 9.18 Å². The SMILES string of the molecule is O=c1c2ccccc2nc(SCc2ccc(F)cc2)n1CCn1cc(Cl)cn1. The molecule has 2 heterocycles. The van der Waals surface area contributed by atoms with Gasteiger partial charge in [0.1, 0.15) is 5.82 Å². The van der Waals surface area contributed by atoms with Crippen LogP contribution in [0.2, 0.25) is 5.02 Å². The van der Waals surface area contributed by atoms with Crippen LogP contribution in [0.15, 0.2) is 70.9 Å². The molecule has 5 nitrogen and oxygen atoms in total. The van der Waals surface area contributed by atoms with Crippen LogP contribution in [0.4, 0.5) is 4.39 Å². The van der Waals surface area contributed by atoms with Crippen LogP contribution in [0, 0.1) is 5.82 Å². The van der Waals surface area contributed by atoms with E-state index in [1.807, 2.05) is 18.2 Å². The van der Waals surface area contributed by atoms with Crippen molar-refractivity contribution in [3.63, 3.8) is 0 Å². The first-order valence-corrected chi connectivity index (χ1v) is 10.0. The molecule has 0 saturated carbocycles. The second kappa shape index (κ2) is 8.16. The molecule has 4 aromatic rings. The van der Waals surface area contributed by atoms with Crippen LogP contribution in [0.1, 0.15) is 5.56 Å². The molecular weight excluding hydrogens is 399 g/mol. The molecule has 0 bridgehead atoms. The van der Waals surface area contributed by atoms with Crippen molar-refractivity contribution in [2.45, 2.75) is 24.0 Å². The maximum atomic E-state index is 13.1. The van der Waals surface area contributed by atoms with Crippen molar-refractivity contribution in [1.82, 2.24) is 19.3 Å². The molecule has 0 aliphatic rings. The number of halogens is 2. The summed E-state index contributed by atoms with van der Waals surface area (Å²) >= 11 is 7.37. The molecule has 0 N–H and O–H groups in total. The minimum absolute atomic E-state index is 0.0922. The molecule has 28 heavy (non-hydrogen) atoms. The fourth-order valence-electron chi connectivity index (χ4n) is 2.85. The van der Waals surface area contributed by atoms with Crippen LogP contribution in [0.5, 0.6) is 0 Å². The third-order valence-corrected chi connectivity index (χ3v) is 5.50. The van der Waals surface area contributed by atoms with Gasteiger partial charge in [0.15, 0.2) is 5.16 Å². The Balaban J connectivity index is 1.65. The molecule has 0 fully saturated rings. The second-order valence-corrected chi connectivity index (χ2v) is 7.58. The van der Waals surface area contributed by atoms with Gasteiger partial charge >= 0.3 is 0 Å². The van der Waals surface area contributed by atoms with Crippen LogP contribution in [-0.2, 0) is 18.8 Å². The first-order chi connectivity index (χ1) is 13.6. The molecule has 2 aromatic heterocycles. The van der Waals surface area contributed by atoms with E-state index in [4.69, 9.17) is 11.6 Å². The highest BCUT2D eigenvalue weighted by molar-refractivity contribution is 7.98. The van der Waals surface area contributed by atoms with Gasteiger partial charge in [-0.05, 0) is 29.8 Å². The summed E-state index contributed by atoms with van der Waals surface area (Å²) in [6.07, 6.45) is 3.28. The van der Waals surface area contributed by atoms with E-state index in [2.05, 4.69) is 10.1 Å². The molecule has 4 rings (SSSR count). The average molecular weight is 415 g/mol. The summed E-state index contributed by atoms with van der Waals surface area (Å²) in [4.78, 5) is 17.7. The monoisotopic (exact) mass is 414 g/mol. The number of rotatable bonds is 6. The predicted octanol–water partition coefficient (Wildman–Crippen LogP) is 4.38. The molecule has 0 saturated heterocycles. The number of benzene rings is 2. The molecule has 8 heteroatoms. The Kier molecular flexibility index (Phi) is 5.45. The minimum atomic E-state index is -0.271. The van der Waals surface area contributed by atoms with E-state index in [1.54, 1.807) is 39.8 Å². The normalized spacial score (nSPS) is 11.2. The summed E-state index contributed by atoms with van der Waals surface area (Å²) in [6.45, 7) is 0.914. The Morgan fingerprint density at radius 3 is 2.61 bits per heavy atom. The quantitative estimate of drug-likeness (QED) is 0.347. The second-order valence-electron chi connectivity index (χ2n) is 6.21. The van der Waals surface area contributed by atoms with Gasteiger partial charge in [-0.3, -0.25) is 14.0 Å². The van der Waals surface area contributed by atoms with Crippen molar-refractivity contribution in [2.75, 3.05) is 0 Å². The predicted molar refractivity (Wildman–Crippen MR) is 109 cm³/mol. The standard InChI is InChI=1S/C20H16ClFN4OS/c21-15-11-23-25(12-15)9-10-26-19(27)17-3-1-2-4-18(17)24-20(26)28-13-14-5-7-16(22)8-6-14/h1-8,11-12H,9-10,13H2. The zero-order chi connectivity index (χ0) is 19.5. The summed E-state index contributed by atoms with van der Waals surface area (Å²) in [7, 11) is 0. The van der Waals surface area contributed by atoms with Gasteiger partial charge < -0.3 is 0 Å². The molecule has 0 aliphatic heterocycles. The van der Waals surface area contributed by atoms with Crippen LogP contribution in [0.25, 0.3) is 10.9 Å². The van der Waals surface area contributed by atoms with Crippen molar-refractivity contribution >= 4 is 34.3 Å². The number of aromatic nitrogens is 4. The average Bonchev–Trinajstić information content (AvgIpc) is 3.12. The highest BCUT2D eigenvalue weighted by Gasteiger charge is 2.12. The number of para-hydroxylation sites is 1. The summed E-state index contributed by atoms with van der Waals surface area (Å²) in [5.41, 5.74) is 1.53. The van der Waals surface area contributed by atoms with Gasteiger partial charge in [0.05, 0.1) is 28.7 Å². The van der Waals surface area contributed by atoms with Crippen molar-refractivity contribution in [2.24, 2.45) is 0 Å². The third-order valence-electron chi connectivity index (χ3n) is 4.26. The van der Waals surface area contributed by atoms with E-state index >= 15 is 0 Å². The Morgan fingerprint density at radius 1 is 1.07 bits per heavy atom. The van der Waals surface area contributed by atoms with Gasteiger partial charge in [0.2, 0.25) is 0 Å². The number of nitrogens with zero attached hydrogens (tertiary/aromatic N) is 4. The number of fused-ring (bicyclic) bond motifs is 1. The summed E-state index contributed by atoms with van der Waals surface area (Å²) in [6, 6.07) is 13.6. The number of aryl methyl sites for hydroxylation is 1. The van der Waals surface area contributed by atoms with Crippen LogP contribution in [0.3, 0.4) is 0 Å². The molecular formula is C20H16ClFN4OS. The van der Waals surface area contributed by atoms with Crippen molar-refractivity contribution in [3.05, 3.63) is 87.7 Å². The van der Waals surface area contributed by atoms with Gasteiger partial charge in [-0.1, -0.05) is 47.6 Å². The molecule has 0 spiro atoms. The first-order valence-electron chi connectivity index (χ1n) is 8.65. The fourth-order valence-corrected chi connectivity index (χ4v) is 3.98. The maximum absolute atomic E-state index is 13.1. The van der Waals surface area contributed by atoms with Gasteiger partial charge in [0, 0.05) is 18.5 Å². The van der Waals surface area contributed by atoms with Crippen molar-refractivity contribution < 1.29 is 4.39 Å². The van der Waals surface area contributed by atoms with E-state index < -0.39 is 0 Å².